The van der Waals surface area contributed by atoms with Crippen LogP contribution in [0.4, 0.5) is 0 Å². The summed E-state index contributed by atoms with van der Waals surface area (Å²) in [5.41, 5.74) is 13.3. The van der Waals surface area contributed by atoms with Gasteiger partial charge in [-0.3, -0.25) is 4.98 Å². The molecular weight excluding hydrogens is 639 g/mol. The third kappa shape index (κ3) is 3.79. The maximum Gasteiger partial charge on any atom is 0.137 e. The van der Waals surface area contributed by atoms with Crippen LogP contribution in [0.5, 0.6) is 0 Å². The van der Waals surface area contributed by atoms with Gasteiger partial charge in [0, 0.05) is 67.4 Å². The van der Waals surface area contributed by atoms with Gasteiger partial charge in [0.2, 0.25) is 0 Å². The lowest BCUT2D eigenvalue weighted by atomic mass is 10.0. The summed E-state index contributed by atoms with van der Waals surface area (Å²) < 4.78 is 17.7. The maximum atomic E-state index is 6.58. The average Bonchev–Trinajstić information content (AvgIpc) is 3.94. The van der Waals surface area contributed by atoms with Crippen molar-refractivity contribution in [3.63, 3.8) is 0 Å². The molecule has 0 amide bonds. The largest absolute Gasteiger partial charge is 0.456 e. The van der Waals surface area contributed by atoms with Gasteiger partial charge in [-0.15, -0.1) is 0 Å². The van der Waals surface area contributed by atoms with Crippen molar-refractivity contribution in [1.82, 2.24) is 14.1 Å². The Morgan fingerprint density at radius 3 is 1.33 bits per heavy atom. The monoisotopic (exact) mass is 665 g/mol. The summed E-state index contributed by atoms with van der Waals surface area (Å²) in [4.78, 5) is 4.70. The van der Waals surface area contributed by atoms with E-state index in [1.807, 2.05) is 12.3 Å². The van der Waals surface area contributed by atoms with E-state index in [-0.39, 0.29) is 0 Å². The number of rotatable bonds is 3. The van der Waals surface area contributed by atoms with E-state index in [1.54, 1.807) is 0 Å². The highest BCUT2D eigenvalue weighted by atomic mass is 16.3. The molecule has 242 valence electrons. The lowest BCUT2D eigenvalue weighted by Gasteiger charge is -2.07. The van der Waals surface area contributed by atoms with Crippen molar-refractivity contribution < 1.29 is 8.83 Å². The molecule has 0 unspecified atom stereocenters. The Hall–Kier alpha value is -7.11. The summed E-state index contributed by atoms with van der Waals surface area (Å²) in [6, 6.07) is 55.7. The van der Waals surface area contributed by atoms with Crippen molar-refractivity contribution in [1.29, 1.82) is 0 Å². The number of pyridine rings is 1. The van der Waals surface area contributed by atoms with Crippen molar-refractivity contribution in [2.24, 2.45) is 0 Å². The summed E-state index contributed by atoms with van der Waals surface area (Å²) in [7, 11) is 0. The first-order valence-electron chi connectivity index (χ1n) is 17.5. The highest BCUT2D eigenvalue weighted by Gasteiger charge is 2.17. The molecule has 5 aromatic heterocycles. The number of hydrogen-bond acceptors (Lipinski definition) is 3. The van der Waals surface area contributed by atoms with Gasteiger partial charge in [-0.05, 0) is 90.0 Å². The molecule has 0 N–H and O–H groups in total. The first kappa shape index (κ1) is 27.7. The van der Waals surface area contributed by atoms with Gasteiger partial charge in [0.1, 0.15) is 22.3 Å². The Kier molecular flexibility index (Phi) is 5.44. The van der Waals surface area contributed by atoms with Gasteiger partial charge in [-0.1, -0.05) is 66.7 Å². The summed E-state index contributed by atoms with van der Waals surface area (Å²) >= 11 is 0. The molecule has 0 spiro atoms. The van der Waals surface area contributed by atoms with Crippen molar-refractivity contribution >= 4 is 87.6 Å². The molecule has 0 bridgehead atoms. The second-order valence-corrected chi connectivity index (χ2v) is 13.6. The second kappa shape index (κ2) is 10.2. The quantitative estimate of drug-likeness (QED) is 0.189. The zero-order chi connectivity index (χ0) is 33.9. The molecule has 0 saturated carbocycles. The fraction of sp³-hybridized carbons (Fsp3) is 0. The van der Waals surface area contributed by atoms with Crippen LogP contribution < -0.4 is 0 Å². The molecule has 52 heavy (non-hydrogen) atoms. The lowest BCUT2D eigenvalue weighted by molar-refractivity contribution is 0.668. The van der Waals surface area contributed by atoms with E-state index >= 15 is 0 Å². The zero-order valence-electron chi connectivity index (χ0n) is 27.7. The van der Waals surface area contributed by atoms with Crippen LogP contribution in [-0.4, -0.2) is 14.1 Å². The SMILES string of the molecule is c1ccc2c(c1)c1ccccc1n2-c1ccc2c(c1)oc1cc(-c3ccc4c(c3)oc3cc(-n5c6ccccc6c6ncccc65)ccc34)ccc12. The van der Waals surface area contributed by atoms with Gasteiger partial charge in [0.05, 0.1) is 27.6 Å². The topological polar surface area (TPSA) is 49.0 Å². The molecule has 0 aliphatic heterocycles. The van der Waals surface area contributed by atoms with Crippen LogP contribution in [0, 0.1) is 0 Å². The van der Waals surface area contributed by atoms with Gasteiger partial charge in [0.15, 0.2) is 0 Å². The Labute approximate surface area is 296 Å². The first-order chi connectivity index (χ1) is 25.8. The van der Waals surface area contributed by atoms with Crippen molar-refractivity contribution in [2.75, 3.05) is 0 Å². The normalized spacial score (nSPS) is 12.2. The molecule has 12 aromatic rings. The molecule has 7 aromatic carbocycles. The molecule has 0 atom stereocenters. The van der Waals surface area contributed by atoms with Gasteiger partial charge < -0.3 is 18.0 Å². The molecule has 12 rings (SSSR count). The fourth-order valence-electron chi connectivity index (χ4n) is 8.43. The minimum atomic E-state index is 0.853. The van der Waals surface area contributed by atoms with Crippen LogP contribution in [0.1, 0.15) is 0 Å². The highest BCUT2D eigenvalue weighted by molar-refractivity contribution is 6.12. The smallest absolute Gasteiger partial charge is 0.137 e. The van der Waals surface area contributed by atoms with E-state index in [0.29, 0.717) is 0 Å². The van der Waals surface area contributed by atoms with Crippen molar-refractivity contribution in [3.05, 3.63) is 164 Å². The third-order valence-corrected chi connectivity index (χ3v) is 10.8. The van der Waals surface area contributed by atoms with Crippen LogP contribution in [0.15, 0.2) is 173 Å². The van der Waals surface area contributed by atoms with Gasteiger partial charge >= 0.3 is 0 Å². The summed E-state index contributed by atoms with van der Waals surface area (Å²) in [5.74, 6) is 0. The Bertz CT molecular complexity index is 3090. The molecule has 0 aliphatic carbocycles. The predicted octanol–water partition coefficient (Wildman–Crippen LogP) is 12.7. The minimum absolute atomic E-state index is 0.853. The molecule has 0 radical (unpaired) electrons. The van der Waals surface area contributed by atoms with Crippen molar-refractivity contribution in [2.45, 2.75) is 0 Å². The number of benzene rings is 7. The van der Waals surface area contributed by atoms with E-state index < -0.39 is 0 Å². The van der Waals surface area contributed by atoms with E-state index in [2.05, 4.69) is 161 Å². The van der Waals surface area contributed by atoms with Crippen LogP contribution in [0.3, 0.4) is 0 Å². The summed E-state index contributed by atoms with van der Waals surface area (Å²) in [6.07, 6.45) is 1.86. The average molecular weight is 666 g/mol. The molecule has 5 nitrogen and oxygen atoms in total. The second-order valence-electron chi connectivity index (χ2n) is 13.6. The van der Waals surface area contributed by atoms with E-state index in [4.69, 9.17) is 13.8 Å². The molecule has 0 fully saturated rings. The third-order valence-electron chi connectivity index (χ3n) is 10.8. The molecule has 5 heteroatoms. The Balaban J connectivity index is 0.951. The number of aromatic nitrogens is 3. The highest BCUT2D eigenvalue weighted by Crippen LogP contribution is 2.39. The van der Waals surface area contributed by atoms with Crippen molar-refractivity contribution in [3.8, 4) is 22.5 Å². The summed E-state index contributed by atoms with van der Waals surface area (Å²) in [5, 5.41) is 8.02. The number of fused-ring (bicyclic) bond motifs is 12. The number of para-hydroxylation sites is 3. The minimum Gasteiger partial charge on any atom is -0.456 e. The standard InChI is InChI=1S/C47H27N3O2/c1-4-11-39-32(8-1)33-9-2-5-12-40(33)49(39)30-17-21-36-34-19-15-28(24-43(34)51-45(36)26-30)29-16-20-35-37-22-18-31(27-46(37)52-44(35)25-29)50-41-13-6-3-10-38(41)47-42(50)14-7-23-48-47/h1-27H. The van der Waals surface area contributed by atoms with Gasteiger partial charge in [0.25, 0.3) is 0 Å². The zero-order valence-corrected chi connectivity index (χ0v) is 27.7. The number of hydrogen-bond donors (Lipinski definition) is 0. The maximum absolute atomic E-state index is 6.58. The predicted molar refractivity (Wildman–Crippen MR) is 213 cm³/mol. The van der Waals surface area contributed by atoms with Gasteiger partial charge in [-0.25, -0.2) is 0 Å². The summed E-state index contributed by atoms with van der Waals surface area (Å²) in [6.45, 7) is 0. The molecule has 0 aliphatic rings. The fourth-order valence-corrected chi connectivity index (χ4v) is 8.43. The van der Waals surface area contributed by atoms with E-state index in [0.717, 1.165) is 88.3 Å². The van der Waals surface area contributed by atoms with Crippen LogP contribution in [0.2, 0.25) is 0 Å². The molecule has 5 heterocycles. The van der Waals surface area contributed by atoms with Crippen LogP contribution >= 0.6 is 0 Å². The number of furan rings is 2. The molecule has 0 saturated heterocycles. The van der Waals surface area contributed by atoms with E-state index in [9.17, 15) is 0 Å². The van der Waals surface area contributed by atoms with Gasteiger partial charge in [-0.2, -0.15) is 0 Å². The lowest BCUT2D eigenvalue weighted by Crippen LogP contribution is -1.93. The first-order valence-corrected chi connectivity index (χ1v) is 17.5. The van der Waals surface area contributed by atoms with Crippen LogP contribution in [0.25, 0.3) is 110 Å². The number of nitrogens with zero attached hydrogens (tertiary/aromatic N) is 3. The Morgan fingerprint density at radius 1 is 0.346 bits per heavy atom. The van der Waals surface area contributed by atoms with Crippen LogP contribution in [-0.2, 0) is 0 Å². The van der Waals surface area contributed by atoms with E-state index in [1.165, 1.54) is 21.8 Å². The molecular formula is C47H27N3O2. The Morgan fingerprint density at radius 2 is 0.769 bits per heavy atom.